The fourth-order valence-electron chi connectivity index (χ4n) is 1.65. The van der Waals surface area contributed by atoms with E-state index in [-0.39, 0.29) is 0 Å². The lowest BCUT2D eigenvalue weighted by molar-refractivity contribution is 0.580. The Morgan fingerprint density at radius 2 is 1.94 bits per heavy atom. The highest BCUT2D eigenvalue weighted by Crippen LogP contribution is 2.24. The molecule has 1 aromatic carbocycles. The average Bonchev–Trinajstić information content (AvgIpc) is 3.00. The van der Waals surface area contributed by atoms with Crippen LogP contribution in [0.1, 0.15) is 0 Å². The molecule has 84 valence electrons. The van der Waals surface area contributed by atoms with Crippen LogP contribution in [0.3, 0.4) is 0 Å². The molecule has 0 bridgehead atoms. The van der Waals surface area contributed by atoms with Crippen molar-refractivity contribution >= 4 is 15.9 Å². The lowest BCUT2D eigenvalue weighted by Gasteiger charge is -1.95. The van der Waals surface area contributed by atoms with Crippen molar-refractivity contribution in [3.8, 4) is 22.7 Å². The van der Waals surface area contributed by atoms with Gasteiger partial charge >= 0.3 is 0 Å². The van der Waals surface area contributed by atoms with E-state index in [0.717, 1.165) is 27.2 Å². The van der Waals surface area contributed by atoms with Gasteiger partial charge in [-0.2, -0.15) is 5.10 Å². The highest BCUT2D eigenvalue weighted by Gasteiger charge is 2.07. The molecule has 0 aliphatic carbocycles. The maximum atomic E-state index is 5.31. The molecule has 1 N–H and O–H groups in total. The summed E-state index contributed by atoms with van der Waals surface area (Å²) in [6.45, 7) is 0. The van der Waals surface area contributed by atoms with Gasteiger partial charge in [-0.15, -0.1) is 0 Å². The average molecular weight is 289 g/mol. The number of rotatable bonds is 2. The molecule has 0 saturated carbocycles. The van der Waals surface area contributed by atoms with Crippen molar-refractivity contribution in [1.29, 1.82) is 0 Å². The van der Waals surface area contributed by atoms with Crippen LogP contribution in [0.4, 0.5) is 0 Å². The lowest BCUT2D eigenvalue weighted by Crippen LogP contribution is -1.76. The Morgan fingerprint density at radius 3 is 2.65 bits per heavy atom. The van der Waals surface area contributed by atoms with Crippen molar-refractivity contribution in [2.75, 3.05) is 0 Å². The molecule has 0 saturated heterocycles. The zero-order valence-corrected chi connectivity index (χ0v) is 10.4. The molecule has 0 radical (unpaired) electrons. The van der Waals surface area contributed by atoms with E-state index < -0.39 is 0 Å². The summed E-state index contributed by atoms with van der Waals surface area (Å²) in [6.07, 6.45) is 1.65. The zero-order chi connectivity index (χ0) is 11.7. The second-order valence-corrected chi connectivity index (χ2v) is 4.57. The first-order valence-corrected chi connectivity index (χ1v) is 5.97. The Kier molecular flexibility index (Phi) is 2.57. The molecule has 0 amide bonds. The molecule has 2 aromatic heterocycles. The second kappa shape index (κ2) is 4.22. The van der Waals surface area contributed by atoms with Gasteiger partial charge in [0.25, 0.3) is 0 Å². The van der Waals surface area contributed by atoms with Crippen LogP contribution in [0.2, 0.25) is 0 Å². The van der Waals surface area contributed by atoms with Crippen LogP contribution in [0.5, 0.6) is 0 Å². The predicted molar refractivity (Wildman–Crippen MR) is 69.4 cm³/mol. The van der Waals surface area contributed by atoms with Crippen LogP contribution >= 0.6 is 15.9 Å². The fraction of sp³-hybridized carbons (Fsp3) is 0. The van der Waals surface area contributed by atoms with Gasteiger partial charge < -0.3 is 4.42 Å². The highest BCUT2D eigenvalue weighted by atomic mass is 79.9. The summed E-state index contributed by atoms with van der Waals surface area (Å²) >= 11 is 3.41. The Hall–Kier alpha value is -1.81. The van der Waals surface area contributed by atoms with E-state index in [1.54, 1.807) is 6.26 Å². The van der Waals surface area contributed by atoms with Crippen molar-refractivity contribution in [2.24, 2.45) is 0 Å². The van der Waals surface area contributed by atoms with E-state index >= 15 is 0 Å². The maximum absolute atomic E-state index is 5.31. The molecule has 0 fully saturated rings. The summed E-state index contributed by atoms with van der Waals surface area (Å²) in [5.41, 5.74) is 2.86. The molecule has 3 aromatic rings. The molecule has 17 heavy (non-hydrogen) atoms. The topological polar surface area (TPSA) is 41.8 Å². The molecular weight excluding hydrogens is 280 g/mol. The first kappa shape index (κ1) is 10.4. The van der Waals surface area contributed by atoms with Gasteiger partial charge in [0, 0.05) is 10.0 Å². The van der Waals surface area contributed by atoms with E-state index in [9.17, 15) is 0 Å². The van der Waals surface area contributed by atoms with Crippen molar-refractivity contribution in [3.63, 3.8) is 0 Å². The number of furan rings is 1. The Morgan fingerprint density at radius 1 is 1.12 bits per heavy atom. The van der Waals surface area contributed by atoms with Crippen molar-refractivity contribution in [3.05, 3.63) is 53.2 Å². The number of halogens is 1. The Bertz CT molecular complexity index is 611. The molecule has 0 spiro atoms. The van der Waals surface area contributed by atoms with E-state index in [1.165, 1.54) is 0 Å². The zero-order valence-electron chi connectivity index (χ0n) is 8.85. The number of nitrogens with zero attached hydrogens (tertiary/aromatic N) is 1. The van der Waals surface area contributed by atoms with Crippen molar-refractivity contribution in [1.82, 2.24) is 10.2 Å². The fourth-order valence-corrected chi connectivity index (χ4v) is 1.91. The van der Waals surface area contributed by atoms with Crippen LogP contribution in [-0.2, 0) is 0 Å². The number of H-pyrrole nitrogens is 1. The van der Waals surface area contributed by atoms with Gasteiger partial charge in [0.05, 0.1) is 12.0 Å². The largest absolute Gasteiger partial charge is 0.463 e. The minimum Gasteiger partial charge on any atom is -0.463 e. The van der Waals surface area contributed by atoms with Gasteiger partial charge in [0.2, 0.25) is 0 Å². The van der Waals surface area contributed by atoms with E-state index in [0.29, 0.717) is 0 Å². The molecule has 3 nitrogen and oxygen atoms in total. The van der Waals surface area contributed by atoms with Gasteiger partial charge in [0.15, 0.2) is 5.76 Å². The summed E-state index contributed by atoms with van der Waals surface area (Å²) in [5.74, 6) is 0.792. The first-order chi connectivity index (χ1) is 8.33. The standard InChI is InChI=1S/C13H9BrN2O/c14-10-5-3-9(4-6-10)11-8-12(16-15-11)13-2-1-7-17-13/h1-8H,(H,15,16). The monoisotopic (exact) mass is 288 g/mol. The van der Waals surface area contributed by atoms with Gasteiger partial charge in [-0.3, -0.25) is 5.10 Å². The molecule has 0 unspecified atom stereocenters. The van der Waals surface area contributed by atoms with Crippen LogP contribution < -0.4 is 0 Å². The van der Waals surface area contributed by atoms with Crippen molar-refractivity contribution < 1.29 is 4.42 Å². The van der Waals surface area contributed by atoms with E-state index in [2.05, 4.69) is 26.1 Å². The van der Waals surface area contributed by atoms with Gasteiger partial charge in [-0.25, -0.2) is 0 Å². The Balaban J connectivity index is 1.98. The second-order valence-electron chi connectivity index (χ2n) is 3.65. The predicted octanol–water partition coefficient (Wildman–Crippen LogP) is 4.10. The number of aromatic nitrogens is 2. The summed E-state index contributed by atoms with van der Waals surface area (Å²) in [6, 6.07) is 13.8. The van der Waals surface area contributed by atoms with Gasteiger partial charge in [-0.05, 0) is 30.3 Å². The van der Waals surface area contributed by atoms with E-state index in [1.807, 2.05) is 42.5 Å². The van der Waals surface area contributed by atoms with Gasteiger partial charge in [-0.1, -0.05) is 28.1 Å². The molecule has 4 heteroatoms. The minimum absolute atomic E-state index is 0.792. The third-order valence-corrected chi connectivity index (χ3v) is 3.03. The normalized spacial score (nSPS) is 10.6. The third-order valence-electron chi connectivity index (χ3n) is 2.50. The SMILES string of the molecule is Brc1ccc(-c2cc(-c3ccco3)[nH]n2)cc1. The molecule has 0 atom stereocenters. The number of hydrogen-bond acceptors (Lipinski definition) is 2. The van der Waals surface area contributed by atoms with Crippen LogP contribution in [0.25, 0.3) is 22.7 Å². The molecule has 0 aliphatic rings. The third kappa shape index (κ3) is 2.03. The van der Waals surface area contributed by atoms with Crippen LogP contribution in [0.15, 0.2) is 57.6 Å². The number of hydrogen-bond donors (Lipinski definition) is 1. The summed E-state index contributed by atoms with van der Waals surface area (Å²) in [7, 11) is 0. The quantitative estimate of drug-likeness (QED) is 0.771. The molecule has 3 rings (SSSR count). The smallest absolute Gasteiger partial charge is 0.151 e. The molecular formula is C13H9BrN2O. The number of aromatic amines is 1. The van der Waals surface area contributed by atoms with Crippen LogP contribution in [0, 0.1) is 0 Å². The summed E-state index contributed by atoms with van der Waals surface area (Å²) in [4.78, 5) is 0. The Labute approximate surface area is 107 Å². The number of benzene rings is 1. The van der Waals surface area contributed by atoms with Crippen molar-refractivity contribution in [2.45, 2.75) is 0 Å². The summed E-state index contributed by atoms with van der Waals surface area (Å²) in [5, 5.41) is 7.24. The lowest BCUT2D eigenvalue weighted by atomic mass is 10.1. The number of nitrogens with one attached hydrogen (secondary N) is 1. The molecule has 0 aliphatic heterocycles. The first-order valence-electron chi connectivity index (χ1n) is 5.18. The van der Waals surface area contributed by atoms with E-state index in [4.69, 9.17) is 4.42 Å². The maximum Gasteiger partial charge on any atom is 0.151 e. The van der Waals surface area contributed by atoms with Gasteiger partial charge in [0.1, 0.15) is 5.69 Å². The molecule has 2 heterocycles. The van der Waals surface area contributed by atoms with Crippen LogP contribution in [-0.4, -0.2) is 10.2 Å². The highest BCUT2D eigenvalue weighted by molar-refractivity contribution is 9.10. The minimum atomic E-state index is 0.792. The summed E-state index contributed by atoms with van der Waals surface area (Å²) < 4.78 is 6.37.